The number of rotatable bonds is 2. The first-order chi connectivity index (χ1) is 8.58. The van der Waals surface area contributed by atoms with Gasteiger partial charge in [0.2, 0.25) is 0 Å². The summed E-state index contributed by atoms with van der Waals surface area (Å²) in [6.45, 7) is 0. The second-order valence-electron chi connectivity index (χ2n) is 4.53. The van der Waals surface area contributed by atoms with E-state index in [1.807, 2.05) is 6.07 Å². The number of nitrogens with zero attached hydrogens (tertiary/aromatic N) is 2. The molecule has 1 aromatic rings. The Kier molecular flexibility index (Phi) is 2.83. The Balaban J connectivity index is 2.03. The lowest BCUT2D eigenvalue weighted by Crippen LogP contribution is -2.35. The summed E-state index contributed by atoms with van der Waals surface area (Å²) in [5, 5.41) is 0.642. The molecule has 2 N–H and O–H groups in total. The van der Waals surface area contributed by atoms with Crippen molar-refractivity contribution in [3.63, 3.8) is 0 Å². The van der Waals surface area contributed by atoms with Gasteiger partial charge in [0.15, 0.2) is 0 Å². The van der Waals surface area contributed by atoms with E-state index in [4.69, 9.17) is 17.3 Å². The van der Waals surface area contributed by atoms with Crippen molar-refractivity contribution < 1.29 is 4.79 Å². The number of nitrogens with two attached hydrogens (primary N) is 1. The number of carbonyl (C=O) groups excluding carboxylic acids is 1. The summed E-state index contributed by atoms with van der Waals surface area (Å²) in [4.78, 5) is 17.5. The molecular formula is C12H11BrClN3O. The van der Waals surface area contributed by atoms with Gasteiger partial charge in [0.05, 0.1) is 0 Å². The van der Waals surface area contributed by atoms with Crippen LogP contribution in [0, 0.1) is 0 Å². The van der Waals surface area contributed by atoms with Crippen molar-refractivity contribution in [3.05, 3.63) is 33.3 Å². The van der Waals surface area contributed by atoms with Gasteiger partial charge in [-0.25, -0.2) is 4.79 Å². The minimum atomic E-state index is -0.267. The number of halogens is 2. The maximum Gasteiger partial charge on any atom is 0.346 e. The van der Waals surface area contributed by atoms with Gasteiger partial charge in [0.1, 0.15) is 11.9 Å². The molecule has 18 heavy (non-hydrogen) atoms. The Bertz CT molecular complexity index is 556. The van der Waals surface area contributed by atoms with Gasteiger partial charge in [-0.2, -0.15) is 4.99 Å². The molecule has 0 radical (unpaired) electrons. The lowest BCUT2D eigenvalue weighted by molar-refractivity contribution is 0.203. The predicted molar refractivity (Wildman–Crippen MR) is 73.8 cm³/mol. The molecule has 4 nitrogen and oxygen atoms in total. The molecule has 94 valence electrons. The molecule has 3 rings (SSSR count). The van der Waals surface area contributed by atoms with Gasteiger partial charge in [-0.15, -0.1) is 0 Å². The molecule has 2 amide bonds. The van der Waals surface area contributed by atoms with Crippen molar-refractivity contribution in [2.75, 3.05) is 0 Å². The van der Waals surface area contributed by atoms with Crippen LogP contribution in [0.1, 0.15) is 24.4 Å². The van der Waals surface area contributed by atoms with Crippen molar-refractivity contribution in [1.82, 2.24) is 4.90 Å². The van der Waals surface area contributed by atoms with Gasteiger partial charge in [-0.3, -0.25) is 0 Å². The third-order valence-corrected chi connectivity index (χ3v) is 4.12. The van der Waals surface area contributed by atoms with Crippen molar-refractivity contribution in [2.45, 2.75) is 24.9 Å². The van der Waals surface area contributed by atoms with Crippen LogP contribution in [0.15, 0.2) is 27.7 Å². The zero-order chi connectivity index (χ0) is 12.9. The van der Waals surface area contributed by atoms with Crippen LogP contribution in [0.3, 0.4) is 0 Å². The standard InChI is InChI=1S/C12H11BrClN3O/c13-9-5-6(14)1-4-8(9)10-11(15)16-12(18)17(10)7-2-3-7/h1,4-5,7,10H,2-3H2,(H2,15,16,18). The van der Waals surface area contributed by atoms with Gasteiger partial charge in [-0.05, 0) is 30.5 Å². The largest absolute Gasteiger partial charge is 0.385 e. The van der Waals surface area contributed by atoms with Crippen LogP contribution < -0.4 is 5.73 Å². The zero-order valence-electron chi connectivity index (χ0n) is 9.44. The third-order valence-electron chi connectivity index (χ3n) is 3.20. The fourth-order valence-corrected chi connectivity index (χ4v) is 3.13. The number of benzene rings is 1. The van der Waals surface area contributed by atoms with E-state index in [0.29, 0.717) is 10.9 Å². The van der Waals surface area contributed by atoms with E-state index in [0.717, 1.165) is 22.9 Å². The van der Waals surface area contributed by atoms with E-state index < -0.39 is 0 Å². The van der Waals surface area contributed by atoms with Crippen LogP contribution in [0.5, 0.6) is 0 Å². The highest BCUT2D eigenvalue weighted by Crippen LogP contribution is 2.40. The second kappa shape index (κ2) is 4.24. The number of aliphatic imine (C=N–C) groups is 1. The van der Waals surface area contributed by atoms with Gasteiger partial charge in [0.25, 0.3) is 0 Å². The minimum absolute atomic E-state index is 0.234. The molecule has 0 spiro atoms. The Morgan fingerprint density at radius 3 is 2.78 bits per heavy atom. The van der Waals surface area contributed by atoms with Crippen LogP contribution in [0.2, 0.25) is 5.02 Å². The Hall–Kier alpha value is -1.07. The monoisotopic (exact) mass is 327 g/mol. The van der Waals surface area contributed by atoms with E-state index >= 15 is 0 Å². The lowest BCUT2D eigenvalue weighted by atomic mass is 10.1. The van der Waals surface area contributed by atoms with Crippen molar-refractivity contribution in [2.24, 2.45) is 10.7 Å². The summed E-state index contributed by atoms with van der Waals surface area (Å²) in [7, 11) is 0. The molecule has 0 aromatic heterocycles. The van der Waals surface area contributed by atoms with E-state index in [1.54, 1.807) is 17.0 Å². The summed E-state index contributed by atoms with van der Waals surface area (Å²) in [6, 6.07) is 5.25. The molecule has 1 saturated carbocycles. The molecule has 1 fully saturated rings. The topological polar surface area (TPSA) is 58.7 Å². The minimum Gasteiger partial charge on any atom is -0.385 e. The number of hydrogen-bond donors (Lipinski definition) is 1. The van der Waals surface area contributed by atoms with E-state index in [-0.39, 0.29) is 18.1 Å². The first-order valence-corrected chi connectivity index (χ1v) is 6.86. The average molecular weight is 329 g/mol. The van der Waals surface area contributed by atoms with Gasteiger partial charge < -0.3 is 10.6 Å². The van der Waals surface area contributed by atoms with E-state index in [2.05, 4.69) is 20.9 Å². The summed E-state index contributed by atoms with van der Waals surface area (Å²) in [5.41, 5.74) is 6.83. The zero-order valence-corrected chi connectivity index (χ0v) is 11.8. The Morgan fingerprint density at radius 2 is 2.17 bits per heavy atom. The summed E-state index contributed by atoms with van der Waals surface area (Å²) in [5.74, 6) is 0.356. The van der Waals surface area contributed by atoms with Crippen LogP contribution in [-0.4, -0.2) is 22.8 Å². The number of carbonyl (C=O) groups is 1. The number of hydrogen-bond acceptors (Lipinski definition) is 2. The number of amidine groups is 1. The van der Waals surface area contributed by atoms with Crippen molar-refractivity contribution in [3.8, 4) is 0 Å². The quantitative estimate of drug-likeness (QED) is 0.907. The fraction of sp³-hybridized carbons (Fsp3) is 0.333. The van der Waals surface area contributed by atoms with Crippen LogP contribution >= 0.6 is 27.5 Å². The predicted octanol–water partition coefficient (Wildman–Crippen LogP) is 3.10. The first kappa shape index (κ1) is 12.0. The number of urea groups is 1. The molecule has 0 bridgehead atoms. The normalized spacial score (nSPS) is 23.4. The molecule has 2 aliphatic rings. The molecule has 1 aliphatic heterocycles. The van der Waals surface area contributed by atoms with Gasteiger partial charge in [0, 0.05) is 15.5 Å². The average Bonchev–Trinajstić information content (AvgIpc) is 3.06. The molecule has 1 aliphatic carbocycles. The van der Waals surface area contributed by atoms with Crippen LogP contribution in [-0.2, 0) is 0 Å². The third kappa shape index (κ3) is 1.91. The lowest BCUT2D eigenvalue weighted by Gasteiger charge is -2.25. The van der Waals surface area contributed by atoms with Crippen LogP contribution in [0.4, 0.5) is 4.79 Å². The molecule has 0 saturated heterocycles. The van der Waals surface area contributed by atoms with Crippen molar-refractivity contribution in [1.29, 1.82) is 0 Å². The maximum atomic E-state index is 11.8. The molecule has 1 atom stereocenters. The highest BCUT2D eigenvalue weighted by molar-refractivity contribution is 9.10. The smallest absolute Gasteiger partial charge is 0.346 e. The summed E-state index contributed by atoms with van der Waals surface area (Å²) >= 11 is 9.40. The summed E-state index contributed by atoms with van der Waals surface area (Å²) < 4.78 is 0.846. The Labute approximate surface area is 118 Å². The fourth-order valence-electron chi connectivity index (χ4n) is 2.23. The Morgan fingerprint density at radius 1 is 1.44 bits per heavy atom. The highest BCUT2D eigenvalue weighted by atomic mass is 79.9. The molecule has 1 heterocycles. The summed E-state index contributed by atoms with van der Waals surface area (Å²) in [6.07, 6.45) is 2.05. The molecule has 6 heteroatoms. The molecular weight excluding hydrogens is 318 g/mol. The van der Waals surface area contributed by atoms with Gasteiger partial charge >= 0.3 is 6.03 Å². The van der Waals surface area contributed by atoms with E-state index in [9.17, 15) is 4.79 Å². The molecule has 1 unspecified atom stereocenters. The SMILES string of the molecule is NC1=NC(=O)N(C2CC2)C1c1ccc(Cl)cc1Br. The van der Waals surface area contributed by atoms with Gasteiger partial charge in [-0.1, -0.05) is 33.6 Å². The highest BCUT2D eigenvalue weighted by Gasteiger charge is 2.44. The first-order valence-electron chi connectivity index (χ1n) is 5.69. The number of amides is 2. The van der Waals surface area contributed by atoms with Crippen molar-refractivity contribution >= 4 is 39.4 Å². The van der Waals surface area contributed by atoms with E-state index in [1.165, 1.54) is 0 Å². The van der Waals surface area contributed by atoms with Crippen LogP contribution in [0.25, 0.3) is 0 Å². The maximum absolute atomic E-state index is 11.8. The molecule has 1 aromatic carbocycles. The second-order valence-corrected chi connectivity index (χ2v) is 5.82.